The van der Waals surface area contributed by atoms with Crippen molar-refractivity contribution in [2.24, 2.45) is 0 Å². The maximum absolute atomic E-state index is 13.3. The lowest BCUT2D eigenvalue weighted by atomic mass is 9.99. The van der Waals surface area contributed by atoms with Crippen LogP contribution in [0, 0.1) is 11.3 Å². The predicted octanol–water partition coefficient (Wildman–Crippen LogP) is 4.47. The molecule has 14 heteroatoms. The van der Waals surface area contributed by atoms with Gasteiger partial charge in [-0.1, -0.05) is 49.4 Å². The first-order valence-corrected chi connectivity index (χ1v) is 13.9. The quantitative estimate of drug-likeness (QED) is 0.247. The molecule has 0 spiro atoms. The van der Waals surface area contributed by atoms with Crippen LogP contribution in [0.1, 0.15) is 36.9 Å². The van der Waals surface area contributed by atoms with Gasteiger partial charge in [-0.3, -0.25) is 4.79 Å². The van der Waals surface area contributed by atoms with E-state index in [-0.39, 0.29) is 36.1 Å². The third-order valence-corrected chi connectivity index (χ3v) is 7.68. The number of nitriles is 1. The highest BCUT2D eigenvalue weighted by molar-refractivity contribution is 6.28. The van der Waals surface area contributed by atoms with Gasteiger partial charge in [0.25, 0.3) is 0 Å². The van der Waals surface area contributed by atoms with Crippen molar-refractivity contribution in [2.75, 3.05) is 11.9 Å². The minimum Gasteiger partial charge on any atom is -0.388 e. The number of alkyl halides is 3. The van der Waals surface area contributed by atoms with Crippen molar-refractivity contribution in [2.45, 2.75) is 56.8 Å². The van der Waals surface area contributed by atoms with E-state index in [9.17, 15) is 33.4 Å². The second kappa shape index (κ2) is 12.2. The summed E-state index contributed by atoms with van der Waals surface area (Å²) in [4.78, 5) is 25.5. The van der Waals surface area contributed by atoms with Crippen LogP contribution in [0.4, 0.5) is 19.0 Å². The molecule has 4 aromatic rings. The molecule has 0 unspecified atom stereocenters. The van der Waals surface area contributed by atoms with Crippen molar-refractivity contribution in [3.05, 3.63) is 71.3 Å². The fraction of sp³-hybridized carbons (Fsp3) is 0.345. The molecule has 10 nitrogen and oxygen atoms in total. The molecule has 5 rings (SSSR count). The number of anilines is 1. The number of hydrogen-bond acceptors (Lipinski definition) is 8. The van der Waals surface area contributed by atoms with Crippen molar-refractivity contribution in [1.29, 1.82) is 5.26 Å². The fourth-order valence-corrected chi connectivity index (χ4v) is 5.63. The molecule has 4 atom stereocenters. The molecule has 2 heterocycles. The minimum absolute atomic E-state index is 0.135. The molecule has 1 amide bonds. The topological polar surface area (TPSA) is 140 Å². The van der Waals surface area contributed by atoms with Crippen LogP contribution in [-0.4, -0.2) is 71.5 Å². The number of amides is 1. The number of nitrogens with zero attached hydrogens (tertiary/aromatic N) is 6. The molecule has 1 aliphatic carbocycles. The summed E-state index contributed by atoms with van der Waals surface area (Å²) in [5.41, 5.74) is 3.66. The SMILES string of the molecule is CCCN(C(=O)C(F)(F)F)[C@H]1C[C@@H](n2cnc3c(NCc4ccc(-c5ccccc5C#N)cc4)nc(Cl)nc32)[C@H](O)[C@@H]1O. The smallest absolute Gasteiger partial charge is 0.388 e. The van der Waals surface area contributed by atoms with Crippen LogP contribution in [0.3, 0.4) is 0 Å². The first-order chi connectivity index (χ1) is 20.5. The summed E-state index contributed by atoms with van der Waals surface area (Å²) < 4.78 is 41.3. The van der Waals surface area contributed by atoms with Gasteiger partial charge in [0, 0.05) is 13.1 Å². The molecule has 1 saturated carbocycles. The van der Waals surface area contributed by atoms with Gasteiger partial charge in [0.15, 0.2) is 17.0 Å². The zero-order valence-corrected chi connectivity index (χ0v) is 23.6. The highest BCUT2D eigenvalue weighted by atomic mass is 35.5. The Hall–Kier alpha value is -4.25. The van der Waals surface area contributed by atoms with Gasteiger partial charge in [-0.05, 0) is 47.2 Å². The summed E-state index contributed by atoms with van der Waals surface area (Å²) in [6, 6.07) is 14.9. The van der Waals surface area contributed by atoms with Gasteiger partial charge in [-0.2, -0.15) is 28.4 Å². The Kier molecular flexibility index (Phi) is 8.55. The molecule has 2 aromatic heterocycles. The highest BCUT2D eigenvalue weighted by Gasteiger charge is 2.51. The van der Waals surface area contributed by atoms with Crippen LogP contribution in [0.15, 0.2) is 54.9 Å². The Labute approximate surface area is 249 Å². The third kappa shape index (κ3) is 5.99. The van der Waals surface area contributed by atoms with Gasteiger partial charge < -0.3 is 25.0 Å². The van der Waals surface area contributed by atoms with E-state index >= 15 is 0 Å². The molecule has 1 fully saturated rings. The summed E-state index contributed by atoms with van der Waals surface area (Å²) in [5.74, 6) is -1.78. The van der Waals surface area contributed by atoms with E-state index in [1.54, 1.807) is 19.1 Å². The fourth-order valence-electron chi connectivity index (χ4n) is 5.47. The molecule has 43 heavy (non-hydrogen) atoms. The average molecular weight is 614 g/mol. The van der Waals surface area contributed by atoms with Crippen molar-refractivity contribution in [1.82, 2.24) is 24.4 Å². The highest BCUT2D eigenvalue weighted by Crippen LogP contribution is 2.38. The van der Waals surface area contributed by atoms with Gasteiger partial charge in [-0.15, -0.1) is 0 Å². The normalized spacial score (nSPS) is 20.2. The summed E-state index contributed by atoms with van der Waals surface area (Å²) in [5, 5.41) is 34.0. The molecule has 0 bridgehead atoms. The van der Waals surface area contributed by atoms with Crippen molar-refractivity contribution < 1.29 is 28.2 Å². The number of rotatable bonds is 8. The number of aromatic nitrogens is 4. The number of aliphatic hydroxyl groups is 2. The molecular weight excluding hydrogens is 587 g/mol. The monoisotopic (exact) mass is 613 g/mol. The van der Waals surface area contributed by atoms with Crippen molar-refractivity contribution in [3.63, 3.8) is 0 Å². The van der Waals surface area contributed by atoms with Gasteiger partial charge in [-0.25, -0.2) is 4.98 Å². The number of nitrogens with one attached hydrogen (secondary N) is 1. The van der Waals surface area contributed by atoms with Gasteiger partial charge in [0.2, 0.25) is 5.28 Å². The minimum atomic E-state index is -5.12. The van der Waals surface area contributed by atoms with Gasteiger partial charge in [0.05, 0.1) is 30.0 Å². The third-order valence-electron chi connectivity index (χ3n) is 7.51. The zero-order chi connectivity index (χ0) is 30.9. The van der Waals surface area contributed by atoms with E-state index in [0.29, 0.717) is 22.5 Å². The second-order valence-corrected chi connectivity index (χ2v) is 10.6. The second-order valence-electron chi connectivity index (χ2n) is 10.2. The predicted molar refractivity (Wildman–Crippen MR) is 152 cm³/mol. The van der Waals surface area contributed by atoms with Crippen LogP contribution in [0.2, 0.25) is 5.28 Å². The summed E-state index contributed by atoms with van der Waals surface area (Å²) in [6.45, 7) is 1.71. The lowest BCUT2D eigenvalue weighted by molar-refractivity contribution is -0.190. The molecule has 0 radical (unpaired) electrons. The first kappa shape index (κ1) is 30.2. The van der Waals surface area contributed by atoms with Crippen LogP contribution < -0.4 is 5.32 Å². The Morgan fingerprint density at radius 3 is 2.56 bits per heavy atom. The Morgan fingerprint density at radius 2 is 1.88 bits per heavy atom. The van der Waals surface area contributed by atoms with E-state index in [1.165, 1.54) is 10.9 Å². The lowest BCUT2D eigenvalue weighted by Gasteiger charge is -2.31. The molecule has 2 aromatic carbocycles. The molecular formula is C29H27ClF3N7O3. The first-order valence-electron chi connectivity index (χ1n) is 13.5. The Morgan fingerprint density at radius 1 is 1.16 bits per heavy atom. The van der Waals surface area contributed by atoms with Gasteiger partial charge >= 0.3 is 12.1 Å². The lowest BCUT2D eigenvalue weighted by Crippen LogP contribution is -2.51. The maximum Gasteiger partial charge on any atom is 0.471 e. The van der Waals surface area contributed by atoms with Crippen LogP contribution >= 0.6 is 11.6 Å². The number of hydrogen-bond donors (Lipinski definition) is 3. The van der Waals surface area contributed by atoms with Crippen LogP contribution in [0.5, 0.6) is 0 Å². The van der Waals surface area contributed by atoms with E-state index in [2.05, 4.69) is 26.3 Å². The Bertz CT molecular complexity index is 1670. The van der Waals surface area contributed by atoms with Crippen LogP contribution in [-0.2, 0) is 11.3 Å². The molecule has 0 aliphatic heterocycles. The molecule has 224 valence electrons. The molecule has 0 saturated heterocycles. The van der Waals surface area contributed by atoms with Crippen molar-refractivity contribution in [3.8, 4) is 17.2 Å². The van der Waals surface area contributed by atoms with E-state index in [0.717, 1.165) is 16.7 Å². The van der Waals surface area contributed by atoms with E-state index < -0.39 is 36.4 Å². The number of imidazole rings is 1. The van der Waals surface area contributed by atoms with E-state index in [4.69, 9.17) is 11.6 Å². The number of carbonyl (C=O) groups excluding carboxylic acids is 1. The van der Waals surface area contributed by atoms with Gasteiger partial charge in [0.1, 0.15) is 12.2 Å². The zero-order valence-electron chi connectivity index (χ0n) is 22.8. The number of fused-ring (bicyclic) bond motifs is 1. The largest absolute Gasteiger partial charge is 0.471 e. The number of halogens is 4. The number of benzene rings is 2. The van der Waals surface area contributed by atoms with Crippen LogP contribution in [0.25, 0.3) is 22.3 Å². The number of carbonyl (C=O) groups is 1. The molecule has 3 N–H and O–H groups in total. The Balaban J connectivity index is 1.37. The van der Waals surface area contributed by atoms with Crippen molar-refractivity contribution >= 4 is 34.5 Å². The van der Waals surface area contributed by atoms with E-state index in [1.807, 2.05) is 36.4 Å². The number of aliphatic hydroxyl groups excluding tert-OH is 2. The molecule has 1 aliphatic rings. The summed E-state index contributed by atoms with van der Waals surface area (Å²) in [6.07, 6.45) is -6.84. The summed E-state index contributed by atoms with van der Waals surface area (Å²) in [7, 11) is 0. The average Bonchev–Trinajstić information content (AvgIpc) is 3.54. The summed E-state index contributed by atoms with van der Waals surface area (Å²) >= 11 is 6.22. The maximum atomic E-state index is 13.3. The standard InChI is InChI=1S/C29H27ClF3N7O3/c1-2-11-39(27(43)29(31,32)33)20-12-21(24(42)23(20)41)40-15-36-22-25(37-28(30)38-26(22)40)35-14-16-7-9-17(10-8-16)19-6-4-3-5-18(19)13-34/h3-10,15,20-21,23-24,41-42H,2,11-12,14H2,1H3,(H,35,37,38)/t20-,21+,23+,24-/m0/s1.